The zero-order valence-corrected chi connectivity index (χ0v) is 18.5. The molecule has 3 heteroatoms. The van der Waals surface area contributed by atoms with E-state index in [0.717, 1.165) is 19.0 Å². The van der Waals surface area contributed by atoms with Crippen molar-refractivity contribution < 1.29 is 4.79 Å². The third-order valence-electron chi connectivity index (χ3n) is 8.73. The number of hydrogen-bond acceptors (Lipinski definition) is 2. The van der Waals surface area contributed by atoms with Crippen LogP contribution in [0.1, 0.15) is 57.1 Å². The number of carbonyl (C=O) groups is 1. The van der Waals surface area contributed by atoms with Gasteiger partial charge >= 0.3 is 0 Å². The van der Waals surface area contributed by atoms with Crippen LogP contribution >= 0.6 is 0 Å². The van der Waals surface area contributed by atoms with Crippen LogP contribution in [0.3, 0.4) is 0 Å². The van der Waals surface area contributed by atoms with Gasteiger partial charge in [-0.25, -0.2) is 0 Å². The number of piperidine rings is 3. The maximum atomic E-state index is 13.4. The zero-order valence-electron chi connectivity index (χ0n) is 18.5. The smallest absolute Gasteiger partial charge is 0.221 e. The number of carbonyl (C=O) groups excluding carboxylic acids is 1. The fourth-order valence-electron chi connectivity index (χ4n) is 6.59. The fourth-order valence-corrected chi connectivity index (χ4v) is 6.59. The molecule has 4 bridgehead atoms. The molecule has 30 heavy (non-hydrogen) atoms. The largest absolute Gasteiger partial charge is 0.350 e. The van der Waals surface area contributed by atoms with Gasteiger partial charge in [-0.2, -0.15) is 0 Å². The van der Waals surface area contributed by atoms with Crippen LogP contribution in [-0.2, 0) is 4.79 Å². The zero-order chi connectivity index (χ0) is 20.9. The first-order valence-corrected chi connectivity index (χ1v) is 11.5. The number of rotatable bonds is 5. The summed E-state index contributed by atoms with van der Waals surface area (Å²) in [5.74, 6) is 2.19. The molecule has 3 heterocycles. The lowest BCUT2D eigenvalue weighted by Gasteiger charge is -2.67. The lowest BCUT2D eigenvalue weighted by atomic mass is 9.53. The Hall–Kier alpha value is -2.13. The Morgan fingerprint density at radius 3 is 1.87 bits per heavy atom. The predicted molar refractivity (Wildman–Crippen MR) is 121 cm³/mol. The van der Waals surface area contributed by atoms with Crippen LogP contribution in [0.5, 0.6) is 0 Å². The summed E-state index contributed by atoms with van der Waals surface area (Å²) in [6.45, 7) is 9.40. The van der Waals surface area contributed by atoms with Gasteiger partial charge in [0.2, 0.25) is 5.91 Å². The molecule has 2 aromatic rings. The maximum Gasteiger partial charge on any atom is 0.221 e. The van der Waals surface area contributed by atoms with E-state index in [9.17, 15) is 4.79 Å². The molecule has 1 aliphatic carbocycles. The number of amides is 1. The summed E-state index contributed by atoms with van der Waals surface area (Å²) in [6, 6.07) is 20.9. The molecule has 3 nitrogen and oxygen atoms in total. The van der Waals surface area contributed by atoms with Crippen LogP contribution in [-0.4, -0.2) is 35.0 Å². The summed E-state index contributed by atoms with van der Waals surface area (Å²) in [6.07, 6.45) is 3.00. The van der Waals surface area contributed by atoms with E-state index in [1.165, 1.54) is 24.0 Å². The van der Waals surface area contributed by atoms with E-state index < -0.39 is 0 Å². The highest BCUT2D eigenvalue weighted by molar-refractivity contribution is 5.78. The van der Waals surface area contributed by atoms with E-state index in [0.29, 0.717) is 23.8 Å². The van der Waals surface area contributed by atoms with Crippen molar-refractivity contribution in [3.63, 3.8) is 0 Å². The average molecular weight is 403 g/mol. The Morgan fingerprint density at radius 1 is 0.900 bits per heavy atom. The number of hydrogen-bond donors (Lipinski definition) is 1. The fraction of sp³-hybridized carbons (Fsp3) is 0.519. The average Bonchev–Trinajstić information content (AvgIpc) is 2.72. The first kappa shape index (κ1) is 19.8. The molecule has 1 amide bonds. The minimum Gasteiger partial charge on any atom is -0.350 e. The predicted octanol–water partition coefficient (Wildman–Crippen LogP) is 4.83. The number of nitrogens with one attached hydrogen (secondary N) is 1. The second kappa shape index (κ2) is 7.23. The molecule has 3 saturated heterocycles. The molecule has 1 saturated carbocycles. The Labute approximate surface area is 180 Å². The summed E-state index contributed by atoms with van der Waals surface area (Å²) in [5.41, 5.74) is 2.67. The number of benzene rings is 2. The van der Waals surface area contributed by atoms with Gasteiger partial charge in [-0.1, -0.05) is 60.7 Å². The SMILES string of the molecule is CC1(NC(=O)CC(c2ccccc2)c2ccccc2)C2CC3CC1CN(C2)C3(C)C. The molecule has 4 aliphatic rings. The summed E-state index contributed by atoms with van der Waals surface area (Å²) >= 11 is 0. The van der Waals surface area contributed by atoms with Gasteiger partial charge in [0.1, 0.15) is 0 Å². The molecular formula is C27H34N2O. The topological polar surface area (TPSA) is 32.3 Å². The molecule has 4 fully saturated rings. The van der Waals surface area contributed by atoms with Crippen molar-refractivity contribution in [2.75, 3.05) is 13.1 Å². The monoisotopic (exact) mass is 402 g/mol. The van der Waals surface area contributed by atoms with Crippen LogP contribution in [0.25, 0.3) is 0 Å². The molecule has 2 atom stereocenters. The highest BCUT2D eigenvalue weighted by atomic mass is 16.1. The lowest BCUT2D eigenvalue weighted by Crippen LogP contribution is -2.75. The Bertz CT molecular complexity index is 833. The quantitative estimate of drug-likeness (QED) is 0.777. The van der Waals surface area contributed by atoms with E-state index in [4.69, 9.17) is 0 Å². The van der Waals surface area contributed by atoms with Crippen molar-refractivity contribution in [2.45, 2.75) is 57.0 Å². The number of nitrogens with zero attached hydrogens (tertiary/aromatic N) is 1. The third kappa shape index (κ3) is 3.19. The minimum absolute atomic E-state index is 0.0709. The second-order valence-electron chi connectivity index (χ2n) is 10.5. The van der Waals surface area contributed by atoms with Crippen LogP contribution in [0.2, 0.25) is 0 Å². The van der Waals surface area contributed by atoms with Crippen LogP contribution in [0.15, 0.2) is 60.7 Å². The minimum atomic E-state index is -0.0709. The van der Waals surface area contributed by atoms with Crippen LogP contribution in [0, 0.1) is 17.8 Å². The summed E-state index contributed by atoms with van der Waals surface area (Å²) in [5, 5.41) is 3.57. The standard InChI is InChI=1S/C27H34N2O/c1-26(2)21-14-22-17-29(26)18-23(15-21)27(22,3)28-25(30)16-24(19-10-6-4-7-11-19)20-12-8-5-9-13-20/h4-13,21-24H,14-18H2,1-3H3,(H,28,30). The van der Waals surface area contributed by atoms with Crippen molar-refractivity contribution in [1.29, 1.82) is 0 Å². The van der Waals surface area contributed by atoms with E-state index in [1.54, 1.807) is 0 Å². The van der Waals surface area contributed by atoms with Gasteiger partial charge in [0, 0.05) is 36.5 Å². The van der Waals surface area contributed by atoms with E-state index in [1.807, 2.05) is 12.1 Å². The Balaban J connectivity index is 1.35. The summed E-state index contributed by atoms with van der Waals surface area (Å²) in [4.78, 5) is 16.1. The van der Waals surface area contributed by atoms with Gasteiger partial charge in [0.05, 0.1) is 0 Å². The van der Waals surface area contributed by atoms with Gasteiger partial charge in [-0.05, 0) is 62.5 Å². The molecule has 0 spiro atoms. The van der Waals surface area contributed by atoms with E-state index in [2.05, 4.69) is 79.5 Å². The second-order valence-corrected chi connectivity index (χ2v) is 10.5. The van der Waals surface area contributed by atoms with Gasteiger partial charge < -0.3 is 5.32 Å². The summed E-state index contributed by atoms with van der Waals surface area (Å²) in [7, 11) is 0. The van der Waals surface area contributed by atoms with Crippen molar-refractivity contribution in [2.24, 2.45) is 17.8 Å². The van der Waals surface area contributed by atoms with Crippen molar-refractivity contribution in [1.82, 2.24) is 10.2 Å². The molecule has 2 unspecified atom stereocenters. The molecule has 0 radical (unpaired) electrons. The van der Waals surface area contributed by atoms with Gasteiger partial charge in [0.15, 0.2) is 0 Å². The normalized spacial score (nSPS) is 33.6. The van der Waals surface area contributed by atoms with E-state index in [-0.39, 0.29) is 17.4 Å². The first-order valence-electron chi connectivity index (χ1n) is 11.5. The van der Waals surface area contributed by atoms with Crippen molar-refractivity contribution in [3.8, 4) is 0 Å². The lowest BCUT2D eigenvalue weighted by molar-refractivity contribution is -0.161. The molecule has 2 aromatic carbocycles. The molecule has 3 aliphatic heterocycles. The Morgan fingerprint density at radius 2 is 1.40 bits per heavy atom. The highest BCUT2D eigenvalue weighted by Crippen LogP contribution is 2.55. The molecule has 158 valence electrons. The van der Waals surface area contributed by atoms with Crippen molar-refractivity contribution >= 4 is 5.91 Å². The van der Waals surface area contributed by atoms with Gasteiger partial charge in [-0.3, -0.25) is 9.69 Å². The van der Waals surface area contributed by atoms with Crippen molar-refractivity contribution in [3.05, 3.63) is 71.8 Å². The molecule has 6 rings (SSSR count). The maximum absolute atomic E-state index is 13.4. The third-order valence-corrected chi connectivity index (χ3v) is 8.73. The molecule has 0 aromatic heterocycles. The van der Waals surface area contributed by atoms with Crippen LogP contribution < -0.4 is 5.32 Å². The first-order chi connectivity index (χ1) is 14.4. The van der Waals surface area contributed by atoms with Gasteiger partial charge in [0.25, 0.3) is 0 Å². The summed E-state index contributed by atoms with van der Waals surface area (Å²) < 4.78 is 0. The Kier molecular flexibility index (Phi) is 4.77. The van der Waals surface area contributed by atoms with E-state index >= 15 is 0 Å². The molecule has 1 N–H and O–H groups in total. The van der Waals surface area contributed by atoms with Gasteiger partial charge in [-0.15, -0.1) is 0 Å². The highest BCUT2D eigenvalue weighted by Gasteiger charge is 2.60. The van der Waals surface area contributed by atoms with Crippen LogP contribution in [0.4, 0.5) is 0 Å². The molecular weight excluding hydrogens is 368 g/mol.